The largest absolute Gasteiger partial charge is 0.339 e. The van der Waals surface area contributed by atoms with Gasteiger partial charge >= 0.3 is 0 Å². The normalized spacial score (nSPS) is 13.4. The van der Waals surface area contributed by atoms with Gasteiger partial charge in [0.25, 0.3) is 0 Å². The Morgan fingerprint density at radius 2 is 2.10 bits per heavy atom. The molecule has 1 unspecified atom stereocenters. The van der Waals surface area contributed by atoms with Crippen LogP contribution in [0.5, 0.6) is 0 Å². The van der Waals surface area contributed by atoms with Crippen molar-refractivity contribution in [2.75, 3.05) is 6.54 Å². The molecule has 2 aromatic heterocycles. The Morgan fingerprint density at radius 3 is 2.65 bits per heavy atom. The second kappa shape index (κ2) is 6.01. The van der Waals surface area contributed by atoms with Crippen molar-refractivity contribution in [2.45, 2.75) is 33.1 Å². The lowest BCUT2D eigenvalue weighted by molar-refractivity contribution is 0.287. The molecule has 0 spiro atoms. The van der Waals surface area contributed by atoms with Crippen LogP contribution in [0.2, 0.25) is 0 Å². The molecule has 108 valence electrons. The van der Waals surface area contributed by atoms with E-state index in [2.05, 4.69) is 51.8 Å². The third-order valence-corrected chi connectivity index (χ3v) is 3.36. The van der Waals surface area contributed by atoms with Crippen LogP contribution in [0.4, 0.5) is 0 Å². The van der Waals surface area contributed by atoms with Gasteiger partial charge in [-0.2, -0.15) is 4.98 Å². The minimum atomic E-state index is 0.0756. The number of nitrogens with two attached hydrogens (primary N) is 1. The fourth-order valence-corrected chi connectivity index (χ4v) is 2.26. The molecule has 5 nitrogen and oxygen atoms in total. The van der Waals surface area contributed by atoms with E-state index in [0.717, 1.165) is 10.9 Å². The third-order valence-electron chi connectivity index (χ3n) is 2.89. The van der Waals surface area contributed by atoms with Crippen LogP contribution in [0.15, 0.2) is 27.3 Å². The number of hydrogen-bond donors (Lipinski definition) is 1. The van der Waals surface area contributed by atoms with E-state index >= 15 is 0 Å². The fourth-order valence-electron chi connectivity index (χ4n) is 2.02. The van der Waals surface area contributed by atoms with Crippen molar-refractivity contribution in [2.24, 2.45) is 11.1 Å². The second-order valence-corrected chi connectivity index (χ2v) is 6.93. The van der Waals surface area contributed by atoms with Gasteiger partial charge in [0.2, 0.25) is 11.7 Å². The molecule has 0 aromatic carbocycles. The zero-order valence-corrected chi connectivity index (χ0v) is 13.5. The van der Waals surface area contributed by atoms with Gasteiger partial charge in [0.05, 0.1) is 5.92 Å². The zero-order chi connectivity index (χ0) is 14.8. The number of nitrogens with zero attached hydrogens (tertiary/aromatic N) is 3. The lowest BCUT2D eigenvalue weighted by Gasteiger charge is -2.22. The van der Waals surface area contributed by atoms with Crippen molar-refractivity contribution in [1.82, 2.24) is 15.1 Å². The molecule has 0 amide bonds. The summed E-state index contributed by atoms with van der Waals surface area (Å²) < 4.78 is 6.27. The molecule has 0 saturated carbocycles. The molecule has 6 heteroatoms. The van der Waals surface area contributed by atoms with Gasteiger partial charge in [-0.25, -0.2) is 0 Å². The number of halogens is 1. The summed E-state index contributed by atoms with van der Waals surface area (Å²) in [7, 11) is 0. The van der Waals surface area contributed by atoms with Gasteiger partial charge in [0, 0.05) is 17.2 Å². The van der Waals surface area contributed by atoms with Crippen molar-refractivity contribution >= 4 is 15.9 Å². The molecule has 2 heterocycles. The molecular weight excluding hydrogens is 320 g/mol. The first-order chi connectivity index (χ1) is 9.39. The Kier molecular flexibility index (Phi) is 4.55. The van der Waals surface area contributed by atoms with Crippen molar-refractivity contribution in [1.29, 1.82) is 0 Å². The zero-order valence-electron chi connectivity index (χ0n) is 11.9. The Bertz CT molecular complexity index is 559. The highest BCUT2D eigenvalue weighted by Crippen LogP contribution is 2.30. The Hall–Kier alpha value is -1.27. The fraction of sp³-hybridized carbons (Fsp3) is 0.500. The average Bonchev–Trinajstić information content (AvgIpc) is 2.85. The summed E-state index contributed by atoms with van der Waals surface area (Å²) in [5.41, 5.74) is 6.68. The van der Waals surface area contributed by atoms with Crippen molar-refractivity contribution in [3.05, 3.63) is 28.7 Å². The lowest BCUT2D eigenvalue weighted by atomic mass is 9.84. The Morgan fingerprint density at radius 1 is 1.35 bits per heavy atom. The third kappa shape index (κ3) is 3.86. The molecule has 0 bridgehead atoms. The average molecular weight is 339 g/mol. The van der Waals surface area contributed by atoms with Crippen molar-refractivity contribution in [3.8, 4) is 11.5 Å². The quantitative estimate of drug-likeness (QED) is 0.924. The van der Waals surface area contributed by atoms with Crippen LogP contribution in [-0.2, 0) is 0 Å². The van der Waals surface area contributed by atoms with Crippen LogP contribution >= 0.6 is 15.9 Å². The first-order valence-electron chi connectivity index (χ1n) is 6.54. The molecule has 2 rings (SSSR count). The Labute approximate surface area is 127 Å². The van der Waals surface area contributed by atoms with E-state index < -0.39 is 0 Å². The molecular formula is C14H19BrN4O. The molecule has 2 aromatic rings. The summed E-state index contributed by atoms with van der Waals surface area (Å²) in [6.45, 7) is 7.00. The van der Waals surface area contributed by atoms with E-state index in [1.54, 1.807) is 6.20 Å². The van der Waals surface area contributed by atoms with Crippen LogP contribution < -0.4 is 5.73 Å². The van der Waals surface area contributed by atoms with E-state index in [0.29, 0.717) is 24.0 Å². The molecule has 0 aliphatic rings. The van der Waals surface area contributed by atoms with Gasteiger partial charge in [-0.3, -0.25) is 4.98 Å². The highest BCUT2D eigenvalue weighted by Gasteiger charge is 2.24. The van der Waals surface area contributed by atoms with Crippen LogP contribution in [0.3, 0.4) is 0 Å². The number of rotatable bonds is 4. The Balaban J connectivity index is 2.21. The summed E-state index contributed by atoms with van der Waals surface area (Å²) in [4.78, 5) is 8.69. The van der Waals surface area contributed by atoms with Gasteiger partial charge in [-0.1, -0.05) is 25.9 Å². The molecule has 1 atom stereocenters. The summed E-state index contributed by atoms with van der Waals surface area (Å²) in [5, 5.41) is 4.00. The van der Waals surface area contributed by atoms with Crippen LogP contribution in [-0.4, -0.2) is 21.7 Å². The lowest BCUT2D eigenvalue weighted by Crippen LogP contribution is -2.19. The van der Waals surface area contributed by atoms with E-state index in [9.17, 15) is 0 Å². The number of hydrogen-bond acceptors (Lipinski definition) is 5. The predicted molar refractivity (Wildman–Crippen MR) is 81.1 cm³/mol. The number of pyridine rings is 1. The summed E-state index contributed by atoms with van der Waals surface area (Å²) >= 11 is 3.35. The van der Waals surface area contributed by atoms with Crippen LogP contribution in [0.25, 0.3) is 11.5 Å². The van der Waals surface area contributed by atoms with Gasteiger partial charge < -0.3 is 10.3 Å². The van der Waals surface area contributed by atoms with E-state index in [1.807, 2.05) is 12.1 Å². The van der Waals surface area contributed by atoms with E-state index in [1.165, 1.54) is 0 Å². The van der Waals surface area contributed by atoms with E-state index in [4.69, 9.17) is 10.3 Å². The highest BCUT2D eigenvalue weighted by molar-refractivity contribution is 9.10. The molecule has 0 aliphatic carbocycles. The smallest absolute Gasteiger partial charge is 0.231 e. The SMILES string of the molecule is CC(C)(C)CC(CN)c1nc(-c2ccc(Br)cn2)no1. The minimum Gasteiger partial charge on any atom is -0.339 e. The molecule has 0 saturated heterocycles. The first-order valence-corrected chi connectivity index (χ1v) is 7.34. The molecule has 2 N–H and O–H groups in total. The van der Waals surface area contributed by atoms with Crippen LogP contribution in [0.1, 0.15) is 39.0 Å². The van der Waals surface area contributed by atoms with Gasteiger partial charge in [0.15, 0.2) is 0 Å². The second-order valence-electron chi connectivity index (χ2n) is 6.02. The summed E-state index contributed by atoms with van der Waals surface area (Å²) in [6, 6.07) is 3.74. The molecule has 0 fully saturated rings. The van der Waals surface area contributed by atoms with Gasteiger partial charge in [-0.05, 0) is 39.9 Å². The van der Waals surface area contributed by atoms with Gasteiger partial charge in [0.1, 0.15) is 5.69 Å². The molecule has 0 radical (unpaired) electrons. The monoisotopic (exact) mass is 338 g/mol. The van der Waals surface area contributed by atoms with E-state index in [-0.39, 0.29) is 11.3 Å². The van der Waals surface area contributed by atoms with Crippen molar-refractivity contribution in [3.63, 3.8) is 0 Å². The molecule has 20 heavy (non-hydrogen) atoms. The standard InChI is InChI=1S/C14H19BrN4O/c1-14(2,3)6-9(7-16)13-18-12(19-20-13)11-5-4-10(15)8-17-11/h4-5,8-9H,6-7,16H2,1-3H3. The van der Waals surface area contributed by atoms with Crippen LogP contribution in [0, 0.1) is 5.41 Å². The maximum atomic E-state index is 5.83. The minimum absolute atomic E-state index is 0.0756. The van der Waals surface area contributed by atoms with Crippen molar-refractivity contribution < 1.29 is 4.52 Å². The maximum absolute atomic E-state index is 5.83. The molecule has 0 aliphatic heterocycles. The summed E-state index contributed by atoms with van der Waals surface area (Å²) in [5.74, 6) is 1.16. The highest BCUT2D eigenvalue weighted by atomic mass is 79.9. The topological polar surface area (TPSA) is 77.8 Å². The maximum Gasteiger partial charge on any atom is 0.231 e. The first kappa shape index (κ1) is 15.1. The number of aromatic nitrogens is 3. The predicted octanol–water partition coefficient (Wildman–Crippen LogP) is 3.37. The van der Waals surface area contributed by atoms with Gasteiger partial charge in [-0.15, -0.1) is 0 Å². The summed E-state index contributed by atoms with van der Waals surface area (Å²) in [6.07, 6.45) is 2.61.